The fourth-order valence-electron chi connectivity index (χ4n) is 2.22. The van der Waals surface area contributed by atoms with Gasteiger partial charge in [-0.2, -0.15) is 5.10 Å². The highest BCUT2D eigenvalue weighted by atomic mass is 32.1. The van der Waals surface area contributed by atoms with Gasteiger partial charge < -0.3 is 9.64 Å². The fourth-order valence-corrected chi connectivity index (χ4v) is 2.96. The van der Waals surface area contributed by atoms with Crippen molar-refractivity contribution in [3.8, 4) is 0 Å². The molecule has 0 bridgehead atoms. The van der Waals surface area contributed by atoms with Gasteiger partial charge in [0.25, 0.3) is 5.91 Å². The molecule has 1 amide bonds. The minimum absolute atomic E-state index is 0.000140. The molecule has 112 valence electrons. The van der Waals surface area contributed by atoms with E-state index in [2.05, 4.69) is 20.2 Å². The van der Waals surface area contributed by atoms with Crippen LogP contribution in [-0.2, 0) is 11.2 Å². The van der Waals surface area contributed by atoms with Crippen LogP contribution in [0.25, 0.3) is 0 Å². The molecule has 1 fully saturated rings. The Bertz CT molecular complexity index is 638. The number of morpholine rings is 1. The van der Waals surface area contributed by atoms with E-state index in [0.29, 0.717) is 30.4 Å². The van der Waals surface area contributed by atoms with Crippen LogP contribution in [0.1, 0.15) is 39.4 Å². The maximum atomic E-state index is 12.4. The van der Waals surface area contributed by atoms with Gasteiger partial charge in [-0.3, -0.25) is 9.89 Å². The van der Waals surface area contributed by atoms with Gasteiger partial charge in [-0.1, -0.05) is 6.92 Å². The molecule has 0 saturated carbocycles. The molecule has 3 rings (SSSR count). The van der Waals surface area contributed by atoms with E-state index in [-0.39, 0.29) is 12.0 Å². The number of thiazole rings is 1. The third kappa shape index (κ3) is 2.96. The topological polar surface area (TPSA) is 84.0 Å². The van der Waals surface area contributed by atoms with Gasteiger partial charge in [0.2, 0.25) is 0 Å². The van der Waals surface area contributed by atoms with Crippen molar-refractivity contribution in [3.05, 3.63) is 27.7 Å². The number of hydrogen-bond acceptors (Lipinski definition) is 6. The summed E-state index contributed by atoms with van der Waals surface area (Å²) in [5, 5.41) is 7.95. The van der Waals surface area contributed by atoms with Crippen LogP contribution in [0.5, 0.6) is 0 Å². The average molecular weight is 307 g/mol. The van der Waals surface area contributed by atoms with E-state index in [9.17, 15) is 4.79 Å². The van der Waals surface area contributed by atoms with Crippen LogP contribution >= 0.6 is 11.3 Å². The van der Waals surface area contributed by atoms with Crippen molar-refractivity contribution >= 4 is 17.2 Å². The first-order valence-corrected chi connectivity index (χ1v) is 7.73. The number of nitrogens with zero attached hydrogens (tertiary/aromatic N) is 4. The molecular weight excluding hydrogens is 290 g/mol. The number of ether oxygens (including phenoxy) is 1. The number of aromatic amines is 1. The highest BCUT2D eigenvalue weighted by Crippen LogP contribution is 2.22. The molecule has 0 aliphatic carbocycles. The van der Waals surface area contributed by atoms with E-state index in [4.69, 9.17) is 4.74 Å². The summed E-state index contributed by atoms with van der Waals surface area (Å²) in [4.78, 5) is 23.4. The zero-order valence-corrected chi connectivity index (χ0v) is 12.8. The molecule has 0 spiro atoms. The van der Waals surface area contributed by atoms with Gasteiger partial charge >= 0.3 is 0 Å². The normalized spacial score (nSPS) is 19.0. The summed E-state index contributed by atoms with van der Waals surface area (Å²) in [6.07, 6.45) is 2.16. The van der Waals surface area contributed by atoms with Crippen LogP contribution in [0.3, 0.4) is 0 Å². The maximum Gasteiger partial charge on any atom is 0.265 e. The highest BCUT2D eigenvalue weighted by Gasteiger charge is 2.29. The van der Waals surface area contributed by atoms with Gasteiger partial charge in [0.1, 0.15) is 16.8 Å². The number of amides is 1. The third-order valence-electron chi connectivity index (χ3n) is 3.36. The molecule has 0 radical (unpaired) electrons. The van der Waals surface area contributed by atoms with Crippen LogP contribution < -0.4 is 0 Å². The summed E-state index contributed by atoms with van der Waals surface area (Å²) in [5.41, 5.74) is 0. The third-order valence-corrected chi connectivity index (χ3v) is 4.26. The summed E-state index contributed by atoms with van der Waals surface area (Å²) in [6, 6.07) is 0. The number of aryl methyl sites for hydroxylation is 2. The van der Waals surface area contributed by atoms with E-state index < -0.39 is 0 Å². The van der Waals surface area contributed by atoms with Gasteiger partial charge in [-0.05, 0) is 6.92 Å². The molecule has 2 aromatic rings. The van der Waals surface area contributed by atoms with Crippen molar-refractivity contribution in [2.75, 3.05) is 19.7 Å². The number of nitrogens with one attached hydrogen (secondary N) is 1. The predicted octanol–water partition coefficient (Wildman–Crippen LogP) is 1.35. The molecule has 8 heteroatoms. The first kappa shape index (κ1) is 14.2. The molecule has 1 N–H and O–H groups in total. The zero-order valence-electron chi connectivity index (χ0n) is 12.0. The van der Waals surface area contributed by atoms with E-state index in [1.807, 2.05) is 13.8 Å². The average Bonchev–Trinajstić information content (AvgIpc) is 3.15. The lowest BCUT2D eigenvalue weighted by molar-refractivity contribution is -0.0265. The van der Waals surface area contributed by atoms with Gasteiger partial charge in [0.15, 0.2) is 5.82 Å². The Kier molecular flexibility index (Phi) is 3.98. The van der Waals surface area contributed by atoms with E-state index in [1.54, 1.807) is 11.1 Å². The standard InChI is InChI=1S/C13H17N5O2S/c1-3-11-15-12(17-16-11)9-7-18(4-5-20-9)13(19)10-6-14-8(2)21-10/h6,9H,3-5,7H2,1-2H3,(H,15,16,17). The van der Waals surface area contributed by atoms with Crippen LogP contribution in [0.4, 0.5) is 0 Å². The lowest BCUT2D eigenvalue weighted by Gasteiger charge is -2.31. The Morgan fingerprint density at radius 1 is 1.62 bits per heavy atom. The molecule has 1 unspecified atom stereocenters. The summed E-state index contributed by atoms with van der Waals surface area (Å²) in [6.45, 7) is 5.44. The van der Waals surface area contributed by atoms with Crippen LogP contribution in [-0.4, -0.2) is 50.7 Å². The molecule has 7 nitrogen and oxygen atoms in total. The number of hydrogen-bond donors (Lipinski definition) is 1. The number of aromatic nitrogens is 4. The van der Waals surface area contributed by atoms with E-state index >= 15 is 0 Å². The summed E-state index contributed by atoms with van der Waals surface area (Å²) in [5.74, 6) is 1.44. The Labute approximate surface area is 126 Å². The Hall–Kier alpha value is -1.80. The van der Waals surface area contributed by atoms with Gasteiger partial charge in [0, 0.05) is 13.0 Å². The number of carbonyl (C=O) groups excluding carboxylic acids is 1. The number of H-pyrrole nitrogens is 1. The summed E-state index contributed by atoms with van der Waals surface area (Å²) < 4.78 is 5.69. The summed E-state index contributed by atoms with van der Waals surface area (Å²) in [7, 11) is 0. The highest BCUT2D eigenvalue weighted by molar-refractivity contribution is 7.13. The fraction of sp³-hybridized carbons (Fsp3) is 0.538. The Balaban J connectivity index is 1.72. The van der Waals surface area contributed by atoms with Crippen molar-refractivity contribution in [3.63, 3.8) is 0 Å². The maximum absolute atomic E-state index is 12.4. The second-order valence-corrected chi connectivity index (χ2v) is 6.08. The molecule has 3 heterocycles. The van der Waals surface area contributed by atoms with Gasteiger partial charge in [-0.25, -0.2) is 9.97 Å². The van der Waals surface area contributed by atoms with Crippen molar-refractivity contribution in [2.45, 2.75) is 26.4 Å². The molecule has 1 aliphatic heterocycles. The van der Waals surface area contributed by atoms with Gasteiger partial charge in [0.05, 0.1) is 24.4 Å². The Morgan fingerprint density at radius 2 is 2.48 bits per heavy atom. The minimum Gasteiger partial charge on any atom is -0.366 e. The van der Waals surface area contributed by atoms with Crippen LogP contribution in [0.2, 0.25) is 0 Å². The van der Waals surface area contributed by atoms with E-state index in [0.717, 1.165) is 17.3 Å². The first-order chi connectivity index (χ1) is 10.2. The molecule has 1 saturated heterocycles. The van der Waals surface area contributed by atoms with E-state index in [1.165, 1.54) is 11.3 Å². The minimum atomic E-state index is -0.270. The zero-order chi connectivity index (χ0) is 14.8. The van der Waals surface area contributed by atoms with Gasteiger partial charge in [-0.15, -0.1) is 11.3 Å². The number of carbonyl (C=O) groups is 1. The molecule has 1 aliphatic rings. The first-order valence-electron chi connectivity index (χ1n) is 6.92. The van der Waals surface area contributed by atoms with Crippen LogP contribution in [0, 0.1) is 6.92 Å². The molecule has 21 heavy (non-hydrogen) atoms. The molecular formula is C13H17N5O2S. The van der Waals surface area contributed by atoms with Crippen molar-refractivity contribution in [2.24, 2.45) is 0 Å². The smallest absolute Gasteiger partial charge is 0.265 e. The second-order valence-electron chi connectivity index (χ2n) is 4.85. The Morgan fingerprint density at radius 3 is 3.14 bits per heavy atom. The summed E-state index contributed by atoms with van der Waals surface area (Å²) >= 11 is 1.41. The molecule has 1 atom stereocenters. The second kappa shape index (κ2) is 5.90. The SMILES string of the molecule is CCc1nc(C2CN(C(=O)c3cnc(C)s3)CCO2)n[nH]1. The number of rotatable bonds is 3. The molecule has 2 aromatic heterocycles. The predicted molar refractivity (Wildman–Crippen MR) is 77.2 cm³/mol. The van der Waals surface area contributed by atoms with Crippen molar-refractivity contribution in [1.82, 2.24) is 25.1 Å². The lowest BCUT2D eigenvalue weighted by Crippen LogP contribution is -2.42. The quantitative estimate of drug-likeness (QED) is 0.925. The molecule has 0 aromatic carbocycles. The van der Waals surface area contributed by atoms with Crippen molar-refractivity contribution in [1.29, 1.82) is 0 Å². The monoisotopic (exact) mass is 307 g/mol. The largest absolute Gasteiger partial charge is 0.366 e. The van der Waals surface area contributed by atoms with Crippen LogP contribution in [0.15, 0.2) is 6.20 Å². The van der Waals surface area contributed by atoms with Crippen molar-refractivity contribution < 1.29 is 9.53 Å². The lowest BCUT2D eigenvalue weighted by atomic mass is 10.2.